The zero-order chi connectivity index (χ0) is 17.5. The standard InChI is InChI=1S/C18H14F3NO2/c1-10-7-11(3-6-16(10)24-2)17-14(9-23)13-8-12(18(19,20)21)4-5-15(13)22-17/h3-9,22H,1-2H3. The van der Waals surface area contributed by atoms with Gasteiger partial charge in [-0.3, -0.25) is 4.79 Å². The lowest BCUT2D eigenvalue weighted by molar-refractivity contribution is -0.137. The summed E-state index contributed by atoms with van der Waals surface area (Å²) < 4.78 is 43.9. The van der Waals surface area contributed by atoms with Gasteiger partial charge in [-0.05, 0) is 54.4 Å². The van der Waals surface area contributed by atoms with E-state index in [1.807, 2.05) is 13.0 Å². The number of H-pyrrole nitrogens is 1. The molecule has 2 aromatic carbocycles. The average Bonchev–Trinajstić information content (AvgIpc) is 2.91. The lowest BCUT2D eigenvalue weighted by atomic mass is 10.0. The van der Waals surface area contributed by atoms with Gasteiger partial charge in [0, 0.05) is 16.5 Å². The van der Waals surface area contributed by atoms with E-state index in [1.54, 1.807) is 19.2 Å². The van der Waals surface area contributed by atoms with Gasteiger partial charge in [0.15, 0.2) is 6.29 Å². The number of hydrogen-bond acceptors (Lipinski definition) is 2. The molecule has 0 saturated carbocycles. The van der Waals surface area contributed by atoms with E-state index in [0.29, 0.717) is 28.8 Å². The molecule has 24 heavy (non-hydrogen) atoms. The molecule has 1 aromatic heterocycles. The molecule has 0 aliphatic carbocycles. The smallest absolute Gasteiger partial charge is 0.416 e. The number of rotatable bonds is 3. The van der Waals surface area contributed by atoms with Crippen molar-refractivity contribution < 1.29 is 22.7 Å². The molecule has 124 valence electrons. The number of halogens is 3. The minimum Gasteiger partial charge on any atom is -0.496 e. The van der Waals surface area contributed by atoms with Crippen molar-refractivity contribution in [3.05, 3.63) is 53.1 Å². The molecular weight excluding hydrogens is 319 g/mol. The summed E-state index contributed by atoms with van der Waals surface area (Å²) >= 11 is 0. The maximum absolute atomic E-state index is 12.9. The van der Waals surface area contributed by atoms with Crippen molar-refractivity contribution >= 4 is 17.2 Å². The van der Waals surface area contributed by atoms with E-state index in [1.165, 1.54) is 6.07 Å². The Hall–Kier alpha value is -2.76. The number of hydrogen-bond donors (Lipinski definition) is 1. The molecule has 0 saturated heterocycles. The fourth-order valence-corrected chi connectivity index (χ4v) is 2.77. The number of methoxy groups -OCH3 is 1. The van der Waals surface area contributed by atoms with Gasteiger partial charge in [0.2, 0.25) is 0 Å². The first-order valence-corrected chi connectivity index (χ1v) is 7.18. The molecular formula is C18H14F3NO2. The summed E-state index contributed by atoms with van der Waals surface area (Å²) in [6.07, 6.45) is -3.88. The van der Waals surface area contributed by atoms with Crippen LogP contribution in [0, 0.1) is 6.92 Å². The Morgan fingerprint density at radius 1 is 1.12 bits per heavy atom. The first-order chi connectivity index (χ1) is 11.3. The molecule has 3 nitrogen and oxygen atoms in total. The molecule has 3 aromatic rings. The van der Waals surface area contributed by atoms with Crippen molar-refractivity contribution in [3.8, 4) is 17.0 Å². The van der Waals surface area contributed by atoms with Gasteiger partial charge in [-0.1, -0.05) is 0 Å². The van der Waals surface area contributed by atoms with Crippen molar-refractivity contribution in [2.75, 3.05) is 7.11 Å². The minimum absolute atomic E-state index is 0.209. The van der Waals surface area contributed by atoms with Crippen LogP contribution in [0.3, 0.4) is 0 Å². The van der Waals surface area contributed by atoms with E-state index < -0.39 is 11.7 Å². The molecule has 0 unspecified atom stereocenters. The van der Waals surface area contributed by atoms with Gasteiger partial charge >= 0.3 is 6.18 Å². The summed E-state index contributed by atoms with van der Waals surface area (Å²) in [5, 5.41) is 0.253. The number of fused-ring (bicyclic) bond motifs is 1. The van der Waals surface area contributed by atoms with Gasteiger partial charge in [-0.25, -0.2) is 0 Å². The molecule has 6 heteroatoms. The van der Waals surface area contributed by atoms with Crippen LogP contribution in [0.1, 0.15) is 21.5 Å². The zero-order valence-corrected chi connectivity index (χ0v) is 13.0. The maximum atomic E-state index is 12.9. The molecule has 0 aliphatic heterocycles. The molecule has 0 bridgehead atoms. The lowest BCUT2D eigenvalue weighted by Gasteiger charge is -2.07. The zero-order valence-electron chi connectivity index (χ0n) is 13.0. The van der Waals surface area contributed by atoms with Crippen LogP contribution < -0.4 is 4.74 Å². The van der Waals surface area contributed by atoms with Crippen molar-refractivity contribution in [2.24, 2.45) is 0 Å². The third-order valence-electron chi connectivity index (χ3n) is 3.97. The van der Waals surface area contributed by atoms with E-state index in [0.717, 1.165) is 17.7 Å². The second kappa shape index (κ2) is 5.70. The summed E-state index contributed by atoms with van der Waals surface area (Å²) in [4.78, 5) is 14.6. The second-order valence-corrected chi connectivity index (χ2v) is 5.47. The largest absolute Gasteiger partial charge is 0.496 e. The number of aromatic amines is 1. The summed E-state index contributed by atoms with van der Waals surface area (Å²) in [6.45, 7) is 1.85. The molecule has 1 N–H and O–H groups in total. The number of nitrogens with one attached hydrogen (secondary N) is 1. The van der Waals surface area contributed by atoms with Crippen LogP contribution in [-0.4, -0.2) is 18.4 Å². The molecule has 0 fully saturated rings. The first-order valence-electron chi connectivity index (χ1n) is 7.18. The van der Waals surface area contributed by atoms with E-state index in [2.05, 4.69) is 4.98 Å². The highest BCUT2D eigenvalue weighted by atomic mass is 19.4. The topological polar surface area (TPSA) is 42.1 Å². The average molecular weight is 333 g/mol. The van der Waals surface area contributed by atoms with Crippen LogP contribution >= 0.6 is 0 Å². The van der Waals surface area contributed by atoms with E-state index in [9.17, 15) is 18.0 Å². The number of aromatic nitrogens is 1. The quantitative estimate of drug-likeness (QED) is 0.687. The van der Waals surface area contributed by atoms with Gasteiger partial charge in [-0.2, -0.15) is 13.2 Å². The minimum atomic E-state index is -4.46. The van der Waals surface area contributed by atoms with E-state index >= 15 is 0 Å². The van der Waals surface area contributed by atoms with E-state index in [4.69, 9.17) is 4.74 Å². The molecule has 0 radical (unpaired) electrons. The molecule has 0 atom stereocenters. The Morgan fingerprint density at radius 3 is 2.46 bits per heavy atom. The number of carbonyl (C=O) groups excluding carboxylic acids is 1. The Morgan fingerprint density at radius 2 is 1.88 bits per heavy atom. The Balaban J connectivity index is 2.22. The fraction of sp³-hybridized carbons (Fsp3) is 0.167. The van der Waals surface area contributed by atoms with Gasteiger partial charge in [0.1, 0.15) is 5.75 Å². The van der Waals surface area contributed by atoms with E-state index in [-0.39, 0.29) is 10.9 Å². The summed E-state index contributed by atoms with van der Waals surface area (Å²) in [5.41, 5.74) is 1.97. The number of ether oxygens (including phenoxy) is 1. The fourth-order valence-electron chi connectivity index (χ4n) is 2.77. The molecule has 1 heterocycles. The Labute approximate surface area is 136 Å². The number of benzene rings is 2. The number of aryl methyl sites for hydroxylation is 1. The van der Waals surface area contributed by atoms with Crippen LogP contribution in [0.2, 0.25) is 0 Å². The Bertz CT molecular complexity index is 926. The van der Waals surface area contributed by atoms with Crippen LogP contribution in [-0.2, 0) is 6.18 Å². The maximum Gasteiger partial charge on any atom is 0.416 e. The third kappa shape index (κ3) is 2.64. The highest BCUT2D eigenvalue weighted by Gasteiger charge is 2.31. The van der Waals surface area contributed by atoms with Crippen LogP contribution in [0.15, 0.2) is 36.4 Å². The molecule has 0 aliphatic rings. The first kappa shape index (κ1) is 16.1. The number of carbonyl (C=O) groups is 1. The SMILES string of the molecule is COc1ccc(-c2[nH]c3ccc(C(F)(F)F)cc3c2C=O)cc1C. The summed E-state index contributed by atoms with van der Waals surface area (Å²) in [6, 6.07) is 8.66. The summed E-state index contributed by atoms with van der Waals surface area (Å²) in [7, 11) is 1.56. The predicted molar refractivity (Wildman–Crippen MR) is 85.4 cm³/mol. The molecule has 0 spiro atoms. The Kier molecular flexibility index (Phi) is 3.83. The monoisotopic (exact) mass is 333 g/mol. The van der Waals surface area contributed by atoms with Gasteiger partial charge in [-0.15, -0.1) is 0 Å². The van der Waals surface area contributed by atoms with Crippen LogP contribution in [0.25, 0.3) is 22.2 Å². The summed E-state index contributed by atoms with van der Waals surface area (Å²) in [5.74, 6) is 0.696. The normalized spacial score (nSPS) is 11.7. The lowest BCUT2D eigenvalue weighted by Crippen LogP contribution is -2.04. The van der Waals surface area contributed by atoms with Crippen molar-refractivity contribution in [3.63, 3.8) is 0 Å². The molecule has 0 amide bonds. The van der Waals surface area contributed by atoms with Gasteiger partial charge in [0.25, 0.3) is 0 Å². The molecule has 3 rings (SSSR count). The van der Waals surface area contributed by atoms with Crippen molar-refractivity contribution in [2.45, 2.75) is 13.1 Å². The second-order valence-electron chi connectivity index (χ2n) is 5.47. The number of aldehydes is 1. The third-order valence-corrected chi connectivity index (χ3v) is 3.97. The number of alkyl halides is 3. The van der Waals surface area contributed by atoms with Crippen molar-refractivity contribution in [1.82, 2.24) is 4.98 Å². The predicted octanol–water partition coefficient (Wildman–Crippen LogP) is 4.98. The van der Waals surface area contributed by atoms with Crippen LogP contribution in [0.5, 0.6) is 5.75 Å². The van der Waals surface area contributed by atoms with Gasteiger partial charge < -0.3 is 9.72 Å². The van der Waals surface area contributed by atoms with Crippen LogP contribution in [0.4, 0.5) is 13.2 Å². The highest BCUT2D eigenvalue weighted by Crippen LogP contribution is 2.36. The highest BCUT2D eigenvalue weighted by molar-refractivity contribution is 6.04. The van der Waals surface area contributed by atoms with Crippen molar-refractivity contribution in [1.29, 1.82) is 0 Å². The van der Waals surface area contributed by atoms with Gasteiger partial charge in [0.05, 0.1) is 18.4 Å².